The number of aryl methyl sites for hydroxylation is 1. The predicted molar refractivity (Wildman–Crippen MR) is 66.9 cm³/mol. The van der Waals surface area contributed by atoms with Gasteiger partial charge in [0.2, 0.25) is 0 Å². The van der Waals surface area contributed by atoms with Crippen molar-refractivity contribution >= 4 is 15.9 Å². The summed E-state index contributed by atoms with van der Waals surface area (Å²) in [5.74, 6) is 1.21. The van der Waals surface area contributed by atoms with Crippen LogP contribution in [0.3, 0.4) is 0 Å². The summed E-state index contributed by atoms with van der Waals surface area (Å²) < 4.78 is 6.51. The molecule has 1 N–H and O–H groups in total. The lowest BCUT2D eigenvalue weighted by Crippen LogP contribution is -1.95. The lowest BCUT2D eigenvalue weighted by Gasteiger charge is -2.09. The van der Waals surface area contributed by atoms with Gasteiger partial charge in [-0.05, 0) is 28.9 Å². The van der Waals surface area contributed by atoms with Gasteiger partial charge >= 0.3 is 0 Å². The fourth-order valence-corrected chi connectivity index (χ4v) is 1.70. The molecule has 0 saturated heterocycles. The summed E-state index contributed by atoms with van der Waals surface area (Å²) in [7, 11) is 0. The van der Waals surface area contributed by atoms with Crippen molar-refractivity contribution in [2.24, 2.45) is 0 Å². The molecule has 2 aromatic heterocycles. The van der Waals surface area contributed by atoms with Crippen LogP contribution in [-0.2, 0) is 6.61 Å². The summed E-state index contributed by atoms with van der Waals surface area (Å²) in [6.45, 7) is 1.76. The fraction of sp³-hybridized carbons (Fsp3) is 0.167. The van der Waals surface area contributed by atoms with E-state index in [1.165, 1.54) is 0 Å². The van der Waals surface area contributed by atoms with E-state index < -0.39 is 0 Å². The summed E-state index contributed by atoms with van der Waals surface area (Å²) in [6.07, 6.45) is 4.90. The molecule has 5 heteroatoms. The number of ether oxygens (including phenoxy) is 1. The van der Waals surface area contributed by atoms with Crippen molar-refractivity contribution in [2.75, 3.05) is 0 Å². The van der Waals surface area contributed by atoms with Crippen LogP contribution in [0.2, 0.25) is 0 Å². The molecule has 88 valence electrons. The average molecular weight is 295 g/mol. The Morgan fingerprint density at radius 2 is 2.12 bits per heavy atom. The Morgan fingerprint density at radius 1 is 1.29 bits per heavy atom. The zero-order valence-electron chi connectivity index (χ0n) is 9.22. The van der Waals surface area contributed by atoms with Crippen LogP contribution in [0.4, 0.5) is 0 Å². The molecule has 0 aliphatic rings. The summed E-state index contributed by atoms with van der Waals surface area (Å²) in [4.78, 5) is 8.11. The van der Waals surface area contributed by atoms with Gasteiger partial charge in [-0.15, -0.1) is 0 Å². The lowest BCUT2D eigenvalue weighted by molar-refractivity contribution is 0.276. The molecule has 0 atom stereocenters. The molecule has 0 aromatic carbocycles. The van der Waals surface area contributed by atoms with E-state index in [9.17, 15) is 5.11 Å². The van der Waals surface area contributed by atoms with Crippen LogP contribution in [-0.4, -0.2) is 15.1 Å². The quantitative estimate of drug-likeness (QED) is 0.946. The normalized spacial score (nSPS) is 10.3. The van der Waals surface area contributed by atoms with Gasteiger partial charge in [0.05, 0.1) is 12.8 Å². The maximum atomic E-state index is 9.20. The van der Waals surface area contributed by atoms with Crippen LogP contribution >= 0.6 is 15.9 Å². The first-order chi connectivity index (χ1) is 8.19. The van der Waals surface area contributed by atoms with Crippen LogP contribution in [0.1, 0.15) is 11.3 Å². The highest BCUT2D eigenvalue weighted by molar-refractivity contribution is 9.10. The molecular weight excluding hydrogens is 284 g/mol. The molecule has 0 spiro atoms. The average Bonchev–Trinajstić information content (AvgIpc) is 2.29. The van der Waals surface area contributed by atoms with Gasteiger partial charge in [0, 0.05) is 34.2 Å². The monoisotopic (exact) mass is 294 g/mol. The highest BCUT2D eigenvalue weighted by Gasteiger charge is 2.06. The number of rotatable bonds is 3. The second-order valence-electron chi connectivity index (χ2n) is 3.53. The third-order valence-electron chi connectivity index (χ3n) is 2.16. The van der Waals surface area contributed by atoms with Gasteiger partial charge in [-0.1, -0.05) is 0 Å². The van der Waals surface area contributed by atoms with E-state index in [0.29, 0.717) is 17.1 Å². The molecule has 0 aliphatic heterocycles. The minimum absolute atomic E-state index is 0.107. The smallest absolute Gasteiger partial charge is 0.146 e. The van der Waals surface area contributed by atoms with E-state index in [-0.39, 0.29) is 6.61 Å². The van der Waals surface area contributed by atoms with Gasteiger partial charge < -0.3 is 9.84 Å². The molecule has 2 rings (SSSR count). The van der Waals surface area contributed by atoms with Crippen molar-refractivity contribution in [3.63, 3.8) is 0 Å². The fourth-order valence-electron chi connectivity index (χ4n) is 1.35. The van der Waals surface area contributed by atoms with Crippen molar-refractivity contribution in [3.05, 3.63) is 46.5 Å². The predicted octanol–water partition coefficient (Wildman–Crippen LogP) is 2.83. The van der Waals surface area contributed by atoms with Crippen LogP contribution in [0, 0.1) is 6.92 Å². The van der Waals surface area contributed by atoms with Gasteiger partial charge in [0.1, 0.15) is 11.5 Å². The lowest BCUT2D eigenvalue weighted by atomic mass is 10.2. The number of aliphatic hydroxyl groups is 1. The summed E-state index contributed by atoms with van der Waals surface area (Å²) in [5.41, 5.74) is 1.48. The second-order valence-corrected chi connectivity index (χ2v) is 4.45. The highest BCUT2D eigenvalue weighted by atomic mass is 79.9. The van der Waals surface area contributed by atoms with Crippen LogP contribution < -0.4 is 4.74 Å². The maximum Gasteiger partial charge on any atom is 0.146 e. The van der Waals surface area contributed by atoms with Crippen molar-refractivity contribution in [3.8, 4) is 11.5 Å². The van der Waals surface area contributed by atoms with Crippen LogP contribution in [0.25, 0.3) is 0 Å². The Balaban J connectivity index is 2.32. The number of pyridine rings is 2. The van der Waals surface area contributed by atoms with E-state index in [0.717, 1.165) is 10.2 Å². The van der Waals surface area contributed by atoms with E-state index in [1.807, 2.05) is 13.0 Å². The standard InChI is InChI=1S/C12H11BrN2O2/c1-8-2-12(9(7-16)4-15-8)17-11-3-10(13)5-14-6-11/h2-6,16H,7H2,1H3. The Morgan fingerprint density at radius 3 is 2.82 bits per heavy atom. The number of hydrogen-bond donors (Lipinski definition) is 1. The largest absolute Gasteiger partial charge is 0.455 e. The van der Waals surface area contributed by atoms with Gasteiger partial charge in [-0.2, -0.15) is 0 Å². The molecule has 0 saturated carbocycles. The Hall–Kier alpha value is -1.46. The van der Waals surface area contributed by atoms with Crippen molar-refractivity contribution < 1.29 is 9.84 Å². The van der Waals surface area contributed by atoms with E-state index >= 15 is 0 Å². The zero-order valence-corrected chi connectivity index (χ0v) is 10.8. The molecule has 17 heavy (non-hydrogen) atoms. The maximum absolute atomic E-state index is 9.20. The zero-order chi connectivity index (χ0) is 12.3. The molecule has 2 heterocycles. The molecule has 0 fully saturated rings. The Bertz CT molecular complexity index is 532. The van der Waals surface area contributed by atoms with E-state index in [2.05, 4.69) is 25.9 Å². The molecule has 0 unspecified atom stereocenters. The minimum atomic E-state index is -0.107. The minimum Gasteiger partial charge on any atom is -0.455 e. The van der Waals surface area contributed by atoms with Crippen LogP contribution in [0.15, 0.2) is 35.2 Å². The van der Waals surface area contributed by atoms with Gasteiger partial charge in [-0.3, -0.25) is 9.97 Å². The van der Waals surface area contributed by atoms with Crippen molar-refractivity contribution in [1.82, 2.24) is 9.97 Å². The molecule has 0 bridgehead atoms. The first-order valence-electron chi connectivity index (χ1n) is 5.04. The van der Waals surface area contributed by atoms with Gasteiger partial charge in [0.15, 0.2) is 0 Å². The number of nitrogens with zero attached hydrogens (tertiary/aromatic N) is 2. The number of aliphatic hydroxyl groups excluding tert-OH is 1. The van der Waals surface area contributed by atoms with Gasteiger partial charge in [-0.25, -0.2) is 0 Å². The number of aromatic nitrogens is 2. The highest BCUT2D eigenvalue weighted by Crippen LogP contribution is 2.26. The topological polar surface area (TPSA) is 55.2 Å². The third kappa shape index (κ3) is 3.01. The SMILES string of the molecule is Cc1cc(Oc2cncc(Br)c2)c(CO)cn1. The summed E-state index contributed by atoms with van der Waals surface area (Å²) in [6, 6.07) is 3.59. The Kier molecular flexibility index (Phi) is 3.71. The molecular formula is C12H11BrN2O2. The van der Waals surface area contributed by atoms with E-state index in [1.54, 1.807) is 24.7 Å². The molecule has 2 aromatic rings. The molecule has 0 aliphatic carbocycles. The Labute approximate surface area is 107 Å². The first-order valence-corrected chi connectivity index (χ1v) is 5.83. The molecule has 0 radical (unpaired) electrons. The van der Waals surface area contributed by atoms with Crippen LogP contribution in [0.5, 0.6) is 11.5 Å². The second kappa shape index (κ2) is 5.25. The number of hydrogen-bond acceptors (Lipinski definition) is 4. The number of halogens is 1. The van der Waals surface area contributed by atoms with Crippen molar-refractivity contribution in [1.29, 1.82) is 0 Å². The van der Waals surface area contributed by atoms with Gasteiger partial charge in [0.25, 0.3) is 0 Å². The molecule has 4 nitrogen and oxygen atoms in total. The first kappa shape index (κ1) is 12.0. The van der Waals surface area contributed by atoms with Crippen molar-refractivity contribution in [2.45, 2.75) is 13.5 Å². The third-order valence-corrected chi connectivity index (χ3v) is 2.59. The summed E-state index contributed by atoms with van der Waals surface area (Å²) in [5, 5.41) is 9.20. The van der Waals surface area contributed by atoms with E-state index in [4.69, 9.17) is 4.74 Å². The molecule has 0 amide bonds. The summed E-state index contributed by atoms with van der Waals surface area (Å²) >= 11 is 3.32.